The van der Waals surface area contributed by atoms with Gasteiger partial charge >= 0.3 is 0 Å². The second-order valence-corrected chi connectivity index (χ2v) is 5.33. The molecule has 0 spiro atoms. The number of hydrazine groups is 1. The Bertz CT molecular complexity index is 550. The molecule has 6 heteroatoms. The summed E-state index contributed by atoms with van der Waals surface area (Å²) in [7, 11) is 2.07. The Kier molecular flexibility index (Phi) is 3.42. The van der Waals surface area contributed by atoms with Gasteiger partial charge in [-0.1, -0.05) is 0 Å². The molecule has 3 rings (SSSR count). The van der Waals surface area contributed by atoms with Crippen LogP contribution in [0.1, 0.15) is 15.9 Å². The summed E-state index contributed by atoms with van der Waals surface area (Å²) in [4.78, 5) is 25.7. The first-order chi connectivity index (χ1) is 9.61. The zero-order valence-corrected chi connectivity index (χ0v) is 11.5. The highest BCUT2D eigenvalue weighted by Crippen LogP contribution is 2.23. The van der Waals surface area contributed by atoms with Gasteiger partial charge in [0, 0.05) is 37.4 Å². The number of nitrogens with zero attached hydrogens (tertiary/aromatic N) is 2. The van der Waals surface area contributed by atoms with Crippen LogP contribution in [0.15, 0.2) is 18.2 Å². The molecule has 0 unspecified atom stereocenters. The van der Waals surface area contributed by atoms with Gasteiger partial charge < -0.3 is 10.2 Å². The number of hydrogen-bond donors (Lipinski definition) is 2. The van der Waals surface area contributed by atoms with Crippen LogP contribution in [0.5, 0.6) is 0 Å². The van der Waals surface area contributed by atoms with E-state index >= 15 is 0 Å². The molecule has 0 radical (unpaired) electrons. The first kappa shape index (κ1) is 13.1. The third kappa shape index (κ3) is 2.66. The van der Waals surface area contributed by atoms with Crippen LogP contribution in [0.3, 0.4) is 0 Å². The van der Waals surface area contributed by atoms with E-state index in [1.54, 1.807) is 18.2 Å². The second-order valence-electron chi connectivity index (χ2n) is 5.33. The van der Waals surface area contributed by atoms with Crippen LogP contribution in [0.25, 0.3) is 0 Å². The van der Waals surface area contributed by atoms with E-state index in [9.17, 15) is 9.59 Å². The van der Waals surface area contributed by atoms with Crippen LogP contribution in [0.4, 0.5) is 5.69 Å². The van der Waals surface area contributed by atoms with E-state index in [0.29, 0.717) is 12.0 Å². The molecule has 1 saturated heterocycles. The molecule has 2 amide bonds. The van der Waals surface area contributed by atoms with E-state index in [1.807, 2.05) is 5.01 Å². The number of likely N-dealkylation sites (N-methyl/N-ethyl adjacent to an activating group) is 1. The van der Waals surface area contributed by atoms with Crippen LogP contribution in [0.2, 0.25) is 0 Å². The Balaban J connectivity index is 1.66. The monoisotopic (exact) mass is 274 g/mol. The van der Waals surface area contributed by atoms with Gasteiger partial charge in [-0.15, -0.1) is 0 Å². The van der Waals surface area contributed by atoms with Crippen molar-refractivity contribution in [3.8, 4) is 0 Å². The van der Waals surface area contributed by atoms with Crippen molar-refractivity contribution in [3.05, 3.63) is 29.3 Å². The van der Waals surface area contributed by atoms with Gasteiger partial charge in [0.1, 0.15) is 0 Å². The number of hydrogen-bond acceptors (Lipinski definition) is 4. The average molecular weight is 274 g/mol. The Labute approximate surface area is 117 Å². The Morgan fingerprint density at radius 1 is 1.25 bits per heavy atom. The van der Waals surface area contributed by atoms with Crippen LogP contribution in [0, 0.1) is 0 Å². The summed E-state index contributed by atoms with van der Waals surface area (Å²) in [5.41, 5.74) is 5.22. The van der Waals surface area contributed by atoms with Crippen LogP contribution < -0.4 is 10.7 Å². The van der Waals surface area contributed by atoms with Gasteiger partial charge in [0.05, 0.1) is 6.42 Å². The summed E-state index contributed by atoms with van der Waals surface area (Å²) in [6.07, 6.45) is 0.352. The molecule has 6 nitrogen and oxygen atoms in total. The minimum atomic E-state index is -0.114. The summed E-state index contributed by atoms with van der Waals surface area (Å²) in [6.45, 7) is 3.55. The molecule has 0 bridgehead atoms. The number of carbonyl (C=O) groups is 2. The van der Waals surface area contributed by atoms with Crippen molar-refractivity contribution in [3.63, 3.8) is 0 Å². The fourth-order valence-electron chi connectivity index (χ4n) is 2.50. The first-order valence-electron chi connectivity index (χ1n) is 6.79. The number of nitrogens with one attached hydrogen (secondary N) is 2. The quantitative estimate of drug-likeness (QED) is 0.801. The number of rotatable bonds is 2. The normalized spacial score (nSPS) is 19.6. The highest BCUT2D eigenvalue weighted by Gasteiger charge is 2.20. The fourth-order valence-corrected chi connectivity index (χ4v) is 2.50. The van der Waals surface area contributed by atoms with Crippen molar-refractivity contribution in [1.82, 2.24) is 15.3 Å². The lowest BCUT2D eigenvalue weighted by Crippen LogP contribution is -2.52. The second kappa shape index (κ2) is 5.22. The molecule has 1 fully saturated rings. The maximum Gasteiger partial charge on any atom is 0.265 e. The molecule has 2 aliphatic rings. The summed E-state index contributed by atoms with van der Waals surface area (Å²) in [6, 6.07) is 5.33. The molecule has 106 valence electrons. The number of fused-ring (bicyclic) bond motifs is 1. The number of piperazine rings is 1. The fraction of sp³-hybridized carbons (Fsp3) is 0.429. The lowest BCUT2D eigenvalue weighted by molar-refractivity contribution is -0.115. The van der Waals surface area contributed by atoms with Crippen molar-refractivity contribution in [2.45, 2.75) is 6.42 Å². The maximum absolute atomic E-state index is 12.2. The number of carbonyl (C=O) groups excluding carboxylic acids is 2. The summed E-state index contributed by atoms with van der Waals surface area (Å²) >= 11 is 0. The third-order valence-electron chi connectivity index (χ3n) is 3.76. The van der Waals surface area contributed by atoms with Crippen molar-refractivity contribution in [2.24, 2.45) is 0 Å². The third-order valence-corrected chi connectivity index (χ3v) is 3.76. The lowest BCUT2D eigenvalue weighted by atomic mass is 10.1. The van der Waals surface area contributed by atoms with Gasteiger partial charge in [-0.05, 0) is 30.8 Å². The highest BCUT2D eigenvalue weighted by atomic mass is 16.2. The van der Waals surface area contributed by atoms with E-state index in [4.69, 9.17) is 0 Å². The first-order valence-corrected chi connectivity index (χ1v) is 6.79. The van der Waals surface area contributed by atoms with E-state index in [2.05, 4.69) is 22.7 Å². The van der Waals surface area contributed by atoms with E-state index in [1.165, 1.54) is 0 Å². The lowest BCUT2D eigenvalue weighted by Gasteiger charge is -2.32. The molecule has 0 atom stereocenters. The minimum absolute atomic E-state index is 0.0170. The van der Waals surface area contributed by atoms with Gasteiger partial charge in [0.25, 0.3) is 5.91 Å². The topological polar surface area (TPSA) is 64.7 Å². The smallest absolute Gasteiger partial charge is 0.265 e. The molecular weight excluding hydrogens is 256 g/mol. The Morgan fingerprint density at radius 3 is 2.75 bits per heavy atom. The highest BCUT2D eigenvalue weighted by molar-refractivity contribution is 6.01. The minimum Gasteiger partial charge on any atom is -0.326 e. The van der Waals surface area contributed by atoms with Gasteiger partial charge in [-0.25, -0.2) is 5.01 Å². The zero-order chi connectivity index (χ0) is 14.1. The molecule has 1 aromatic rings. The molecule has 2 aliphatic heterocycles. The number of benzene rings is 1. The van der Waals surface area contributed by atoms with Gasteiger partial charge in [-0.2, -0.15) is 0 Å². The largest absolute Gasteiger partial charge is 0.326 e. The molecule has 0 aromatic heterocycles. The molecule has 1 aromatic carbocycles. The van der Waals surface area contributed by atoms with E-state index < -0.39 is 0 Å². The van der Waals surface area contributed by atoms with Gasteiger partial charge in [0.2, 0.25) is 5.91 Å². The van der Waals surface area contributed by atoms with Crippen LogP contribution in [-0.2, 0) is 11.2 Å². The standard InChI is InChI=1S/C14H18N4O2/c1-17-4-6-18(7-5-17)16-14(20)10-2-3-12-11(8-10)9-13(19)15-12/h2-3,8H,4-7,9H2,1H3,(H,15,19)(H,16,20). The number of anilines is 1. The van der Waals surface area contributed by atoms with Gasteiger partial charge in [-0.3, -0.25) is 15.0 Å². The van der Waals surface area contributed by atoms with E-state index in [0.717, 1.165) is 37.4 Å². The Morgan fingerprint density at radius 2 is 2.00 bits per heavy atom. The predicted octanol–water partition coefficient (Wildman–Crippen LogP) is 0.0734. The molecule has 0 saturated carbocycles. The summed E-state index contributed by atoms with van der Waals surface area (Å²) < 4.78 is 0. The van der Waals surface area contributed by atoms with Gasteiger partial charge in [0.15, 0.2) is 0 Å². The van der Waals surface area contributed by atoms with Crippen molar-refractivity contribution >= 4 is 17.5 Å². The predicted molar refractivity (Wildman–Crippen MR) is 75.3 cm³/mol. The van der Waals surface area contributed by atoms with Crippen molar-refractivity contribution < 1.29 is 9.59 Å². The SMILES string of the molecule is CN1CCN(NC(=O)c2ccc3c(c2)CC(=O)N3)CC1. The molecular formula is C14H18N4O2. The molecule has 2 N–H and O–H groups in total. The van der Waals surface area contributed by atoms with Crippen molar-refractivity contribution in [1.29, 1.82) is 0 Å². The summed E-state index contributed by atoms with van der Waals surface area (Å²) in [5.74, 6) is -0.131. The Hall–Kier alpha value is -1.92. The average Bonchev–Trinajstić information content (AvgIpc) is 2.80. The summed E-state index contributed by atoms with van der Waals surface area (Å²) in [5, 5.41) is 4.71. The molecule has 20 heavy (non-hydrogen) atoms. The molecule has 0 aliphatic carbocycles. The van der Waals surface area contributed by atoms with Crippen LogP contribution >= 0.6 is 0 Å². The zero-order valence-electron chi connectivity index (χ0n) is 11.5. The van der Waals surface area contributed by atoms with Crippen molar-refractivity contribution in [2.75, 3.05) is 38.5 Å². The maximum atomic E-state index is 12.2. The molecule has 2 heterocycles. The van der Waals surface area contributed by atoms with E-state index in [-0.39, 0.29) is 11.8 Å². The van der Waals surface area contributed by atoms with Crippen LogP contribution in [-0.4, -0.2) is 54.9 Å². The number of amides is 2.